The minimum atomic E-state index is 0.432. The molecule has 0 bridgehead atoms. The molecule has 92 valence electrons. The summed E-state index contributed by atoms with van der Waals surface area (Å²) < 4.78 is 0. The Morgan fingerprint density at radius 2 is 2.16 bits per heavy atom. The van der Waals surface area contributed by atoms with E-state index in [1.54, 1.807) is 6.07 Å². The van der Waals surface area contributed by atoms with Gasteiger partial charge in [0, 0.05) is 5.39 Å². The lowest BCUT2D eigenvalue weighted by molar-refractivity contribution is 1.09. The maximum absolute atomic E-state index is 8.91. The number of hydrogen-bond acceptors (Lipinski definition) is 4. The molecule has 0 fully saturated rings. The largest absolute Gasteiger partial charge is 0.324 e. The van der Waals surface area contributed by atoms with Crippen LogP contribution in [0, 0.1) is 11.3 Å². The van der Waals surface area contributed by atoms with Gasteiger partial charge < -0.3 is 5.32 Å². The van der Waals surface area contributed by atoms with E-state index in [1.807, 2.05) is 30.3 Å². The first-order valence-corrected chi connectivity index (χ1v) is 5.91. The average Bonchev–Trinajstić information content (AvgIpc) is 2.87. The van der Waals surface area contributed by atoms with Crippen molar-refractivity contribution in [3.8, 4) is 6.07 Å². The van der Waals surface area contributed by atoms with Crippen LogP contribution in [-0.2, 0) is 0 Å². The fourth-order valence-corrected chi connectivity index (χ4v) is 2.00. The standard InChI is InChI=1S/C13H8ClN5/c14-10-3-1-2-8-4-5-11(17-12(8)10)18-13-9(6-15)7-16-19-13/h1-5,7H,(H2,16,17,18,19). The van der Waals surface area contributed by atoms with E-state index >= 15 is 0 Å². The van der Waals surface area contributed by atoms with E-state index in [0.717, 1.165) is 5.39 Å². The molecule has 19 heavy (non-hydrogen) atoms. The van der Waals surface area contributed by atoms with Crippen molar-refractivity contribution in [2.75, 3.05) is 5.32 Å². The van der Waals surface area contributed by atoms with Gasteiger partial charge in [-0.15, -0.1) is 0 Å². The molecule has 0 unspecified atom stereocenters. The summed E-state index contributed by atoms with van der Waals surface area (Å²) in [5, 5.41) is 20.0. The van der Waals surface area contributed by atoms with Gasteiger partial charge in [0.2, 0.25) is 0 Å². The number of halogens is 1. The number of rotatable bonds is 2. The lowest BCUT2D eigenvalue weighted by atomic mass is 10.2. The van der Waals surface area contributed by atoms with Gasteiger partial charge in [0.1, 0.15) is 23.3 Å². The Balaban J connectivity index is 2.03. The molecule has 2 aromatic heterocycles. The van der Waals surface area contributed by atoms with Crippen molar-refractivity contribution >= 4 is 34.1 Å². The number of nitrogens with one attached hydrogen (secondary N) is 2. The van der Waals surface area contributed by atoms with Crippen molar-refractivity contribution in [1.29, 1.82) is 5.26 Å². The molecule has 0 aliphatic heterocycles. The van der Waals surface area contributed by atoms with Gasteiger partial charge >= 0.3 is 0 Å². The SMILES string of the molecule is N#Cc1cn[nH]c1Nc1ccc2cccc(Cl)c2n1. The second-order valence-electron chi connectivity index (χ2n) is 3.90. The highest BCUT2D eigenvalue weighted by Gasteiger charge is 2.06. The monoisotopic (exact) mass is 269 g/mol. The predicted molar refractivity (Wildman–Crippen MR) is 73.3 cm³/mol. The molecular formula is C13H8ClN5. The van der Waals surface area contributed by atoms with Crippen molar-refractivity contribution in [2.24, 2.45) is 0 Å². The molecule has 0 atom stereocenters. The van der Waals surface area contributed by atoms with Crippen LogP contribution < -0.4 is 5.32 Å². The zero-order chi connectivity index (χ0) is 13.2. The van der Waals surface area contributed by atoms with E-state index in [0.29, 0.717) is 27.7 Å². The minimum absolute atomic E-state index is 0.432. The molecule has 0 radical (unpaired) electrons. The number of pyridine rings is 1. The molecule has 1 aromatic carbocycles. The lowest BCUT2D eigenvalue weighted by Crippen LogP contribution is -1.96. The molecule has 0 saturated carbocycles. The third-order valence-electron chi connectivity index (χ3n) is 2.68. The summed E-state index contributed by atoms with van der Waals surface area (Å²) in [7, 11) is 0. The maximum atomic E-state index is 8.91. The Labute approximate surface area is 113 Å². The van der Waals surface area contributed by atoms with Gasteiger partial charge in [-0.3, -0.25) is 5.10 Å². The van der Waals surface area contributed by atoms with E-state index in [1.165, 1.54) is 6.20 Å². The Kier molecular flexibility index (Phi) is 2.78. The molecule has 3 aromatic rings. The lowest BCUT2D eigenvalue weighted by Gasteiger charge is -2.05. The molecule has 0 aliphatic carbocycles. The number of aromatic nitrogens is 3. The molecule has 0 aliphatic rings. The van der Waals surface area contributed by atoms with Crippen LogP contribution in [0.15, 0.2) is 36.5 Å². The molecule has 0 saturated heterocycles. The van der Waals surface area contributed by atoms with E-state index in [-0.39, 0.29) is 0 Å². The first-order chi connectivity index (χ1) is 9.28. The molecule has 6 heteroatoms. The van der Waals surface area contributed by atoms with Crippen LogP contribution in [0.3, 0.4) is 0 Å². The zero-order valence-electron chi connectivity index (χ0n) is 9.68. The average molecular weight is 270 g/mol. The van der Waals surface area contributed by atoms with Gasteiger partial charge in [-0.2, -0.15) is 10.4 Å². The summed E-state index contributed by atoms with van der Waals surface area (Å²) in [6.07, 6.45) is 1.45. The van der Waals surface area contributed by atoms with Gasteiger partial charge in [0.25, 0.3) is 0 Å². The smallest absolute Gasteiger partial charge is 0.145 e. The number of anilines is 2. The van der Waals surface area contributed by atoms with Gasteiger partial charge in [0.05, 0.1) is 16.7 Å². The molecule has 3 rings (SSSR count). The van der Waals surface area contributed by atoms with Crippen molar-refractivity contribution < 1.29 is 0 Å². The summed E-state index contributed by atoms with van der Waals surface area (Å²) in [4.78, 5) is 4.42. The van der Waals surface area contributed by atoms with Crippen LogP contribution >= 0.6 is 11.6 Å². The quantitative estimate of drug-likeness (QED) is 0.749. The Morgan fingerprint density at radius 1 is 1.26 bits per heavy atom. The van der Waals surface area contributed by atoms with E-state index in [9.17, 15) is 0 Å². The normalized spacial score (nSPS) is 10.3. The first kappa shape index (κ1) is 11.5. The topological polar surface area (TPSA) is 77.4 Å². The summed E-state index contributed by atoms with van der Waals surface area (Å²) in [5.74, 6) is 1.11. The Bertz CT molecular complexity index is 787. The fraction of sp³-hybridized carbons (Fsp3) is 0. The van der Waals surface area contributed by atoms with Crippen LogP contribution in [0.1, 0.15) is 5.56 Å². The van der Waals surface area contributed by atoms with Crippen LogP contribution in [0.4, 0.5) is 11.6 Å². The van der Waals surface area contributed by atoms with Crippen molar-refractivity contribution in [3.05, 3.63) is 47.1 Å². The van der Waals surface area contributed by atoms with E-state index in [2.05, 4.69) is 20.5 Å². The van der Waals surface area contributed by atoms with Crippen molar-refractivity contribution in [3.63, 3.8) is 0 Å². The van der Waals surface area contributed by atoms with Gasteiger partial charge in [0.15, 0.2) is 0 Å². The minimum Gasteiger partial charge on any atom is -0.324 e. The van der Waals surface area contributed by atoms with E-state index in [4.69, 9.17) is 16.9 Å². The van der Waals surface area contributed by atoms with Crippen molar-refractivity contribution in [2.45, 2.75) is 0 Å². The second-order valence-corrected chi connectivity index (χ2v) is 4.31. The summed E-state index contributed by atoms with van der Waals surface area (Å²) >= 11 is 6.11. The third kappa shape index (κ3) is 2.09. The molecule has 0 amide bonds. The highest BCUT2D eigenvalue weighted by Crippen LogP contribution is 2.24. The number of aromatic amines is 1. The first-order valence-electron chi connectivity index (χ1n) is 5.53. The highest BCUT2D eigenvalue weighted by molar-refractivity contribution is 6.35. The Morgan fingerprint density at radius 3 is 3.00 bits per heavy atom. The van der Waals surface area contributed by atoms with Crippen LogP contribution in [0.5, 0.6) is 0 Å². The number of H-pyrrole nitrogens is 1. The second kappa shape index (κ2) is 4.59. The van der Waals surface area contributed by atoms with E-state index < -0.39 is 0 Å². The molecule has 2 N–H and O–H groups in total. The van der Waals surface area contributed by atoms with Gasteiger partial charge in [-0.05, 0) is 18.2 Å². The maximum Gasteiger partial charge on any atom is 0.145 e. The van der Waals surface area contributed by atoms with Gasteiger partial charge in [-0.25, -0.2) is 4.98 Å². The van der Waals surface area contributed by atoms with Crippen LogP contribution in [-0.4, -0.2) is 15.2 Å². The third-order valence-corrected chi connectivity index (χ3v) is 2.99. The number of para-hydroxylation sites is 1. The number of hydrogen-bond donors (Lipinski definition) is 2. The summed E-state index contributed by atoms with van der Waals surface area (Å²) in [6.45, 7) is 0. The van der Waals surface area contributed by atoms with Crippen LogP contribution in [0.25, 0.3) is 10.9 Å². The highest BCUT2D eigenvalue weighted by atomic mass is 35.5. The number of fused-ring (bicyclic) bond motifs is 1. The molecule has 0 spiro atoms. The van der Waals surface area contributed by atoms with Gasteiger partial charge in [-0.1, -0.05) is 23.7 Å². The molecule has 5 nitrogen and oxygen atoms in total. The molecular weight excluding hydrogens is 262 g/mol. The predicted octanol–water partition coefficient (Wildman–Crippen LogP) is 3.23. The van der Waals surface area contributed by atoms with Crippen molar-refractivity contribution in [1.82, 2.24) is 15.2 Å². The summed E-state index contributed by atoms with van der Waals surface area (Å²) in [5.41, 5.74) is 1.15. The number of benzene rings is 1. The zero-order valence-corrected chi connectivity index (χ0v) is 10.4. The fourth-order valence-electron chi connectivity index (χ4n) is 1.77. The number of nitriles is 1. The van der Waals surface area contributed by atoms with Crippen LogP contribution in [0.2, 0.25) is 5.02 Å². The molecule has 2 heterocycles. The Hall–Kier alpha value is -2.58. The number of nitrogens with zero attached hydrogens (tertiary/aromatic N) is 3. The summed E-state index contributed by atoms with van der Waals surface area (Å²) in [6, 6.07) is 11.4.